The number of carbonyl (C=O) groups excluding carboxylic acids is 1. The van der Waals surface area contributed by atoms with Crippen LogP contribution in [0.5, 0.6) is 0 Å². The summed E-state index contributed by atoms with van der Waals surface area (Å²) in [6.45, 7) is 5.93. The number of carboxylic acids is 1. The van der Waals surface area contributed by atoms with Gasteiger partial charge in [-0.2, -0.15) is 0 Å². The molecule has 2 aliphatic rings. The molecule has 0 saturated carbocycles. The molecule has 2 N–H and O–H groups in total. The maximum absolute atomic E-state index is 12.4. The first kappa shape index (κ1) is 15.0. The number of amides is 1. The van der Waals surface area contributed by atoms with Gasteiger partial charge in [0.25, 0.3) is 0 Å². The highest BCUT2D eigenvalue weighted by atomic mass is 16.5. The number of nitrogens with zero attached hydrogens (tertiary/aromatic N) is 1. The number of rotatable bonds is 3. The summed E-state index contributed by atoms with van der Waals surface area (Å²) in [5, 5.41) is 15.8. The lowest BCUT2D eigenvalue weighted by atomic mass is 9.79. The van der Waals surface area contributed by atoms with Crippen molar-refractivity contribution in [2.45, 2.75) is 51.2 Å². The van der Waals surface area contributed by atoms with Crippen LogP contribution in [-0.4, -0.2) is 34.3 Å². The fourth-order valence-corrected chi connectivity index (χ4v) is 3.22. The Morgan fingerprint density at radius 2 is 1.91 bits per heavy atom. The molecule has 2 aliphatic heterocycles. The fourth-order valence-electron chi connectivity index (χ4n) is 3.22. The van der Waals surface area contributed by atoms with Gasteiger partial charge in [0, 0.05) is 11.5 Å². The van der Waals surface area contributed by atoms with Gasteiger partial charge in [0.05, 0.1) is 24.0 Å². The second-order valence-electron chi connectivity index (χ2n) is 7.00. The van der Waals surface area contributed by atoms with Gasteiger partial charge >= 0.3 is 5.97 Å². The van der Waals surface area contributed by atoms with Crippen LogP contribution in [0.2, 0.25) is 0 Å². The van der Waals surface area contributed by atoms with Gasteiger partial charge in [-0.05, 0) is 12.8 Å². The molecular weight excluding hydrogens is 288 g/mol. The minimum absolute atomic E-state index is 0.213. The Hall–Kier alpha value is -1.89. The highest BCUT2D eigenvalue weighted by Crippen LogP contribution is 2.44. The third kappa shape index (κ3) is 2.49. The van der Waals surface area contributed by atoms with Crippen molar-refractivity contribution < 1.29 is 24.0 Å². The molecule has 2 bridgehead atoms. The number of anilines is 1. The molecule has 3 heterocycles. The Balaban J connectivity index is 1.74. The molecule has 0 radical (unpaired) electrons. The van der Waals surface area contributed by atoms with Crippen molar-refractivity contribution in [1.29, 1.82) is 0 Å². The lowest BCUT2D eigenvalue weighted by molar-refractivity contribution is -0.147. The van der Waals surface area contributed by atoms with Crippen molar-refractivity contribution in [2.75, 3.05) is 5.32 Å². The van der Waals surface area contributed by atoms with Crippen LogP contribution in [0.15, 0.2) is 10.6 Å². The average Bonchev–Trinajstić information content (AvgIpc) is 3.11. The largest absolute Gasteiger partial charge is 0.481 e. The average molecular weight is 308 g/mol. The van der Waals surface area contributed by atoms with Crippen molar-refractivity contribution in [2.24, 2.45) is 11.8 Å². The number of ether oxygens (including phenoxy) is 1. The summed E-state index contributed by atoms with van der Waals surface area (Å²) >= 11 is 0. The first-order chi connectivity index (χ1) is 10.3. The van der Waals surface area contributed by atoms with Crippen LogP contribution in [0.3, 0.4) is 0 Å². The molecule has 4 atom stereocenters. The minimum atomic E-state index is -0.983. The molecular formula is C15H20N2O5. The summed E-state index contributed by atoms with van der Waals surface area (Å²) in [7, 11) is 0. The Morgan fingerprint density at radius 1 is 1.27 bits per heavy atom. The Labute approximate surface area is 128 Å². The van der Waals surface area contributed by atoms with Crippen LogP contribution >= 0.6 is 0 Å². The highest BCUT2D eigenvalue weighted by molar-refractivity contribution is 5.95. The van der Waals surface area contributed by atoms with Gasteiger partial charge in [0.2, 0.25) is 5.91 Å². The topological polar surface area (TPSA) is 102 Å². The molecule has 1 aromatic rings. The van der Waals surface area contributed by atoms with E-state index in [1.165, 1.54) is 0 Å². The van der Waals surface area contributed by atoms with Gasteiger partial charge in [-0.3, -0.25) is 9.59 Å². The van der Waals surface area contributed by atoms with E-state index in [1.807, 2.05) is 20.8 Å². The lowest BCUT2D eigenvalue weighted by Crippen LogP contribution is -2.41. The van der Waals surface area contributed by atoms with Crippen LogP contribution in [0.1, 0.15) is 39.4 Å². The zero-order chi connectivity index (χ0) is 16.1. The zero-order valence-electron chi connectivity index (χ0n) is 12.8. The first-order valence-corrected chi connectivity index (χ1v) is 7.43. The Morgan fingerprint density at radius 3 is 2.45 bits per heavy atom. The molecule has 0 aliphatic carbocycles. The third-order valence-corrected chi connectivity index (χ3v) is 4.36. The van der Waals surface area contributed by atoms with E-state index in [0.717, 1.165) is 6.42 Å². The van der Waals surface area contributed by atoms with Crippen LogP contribution in [-0.2, 0) is 19.7 Å². The number of carbonyl (C=O) groups is 2. The summed E-state index contributed by atoms with van der Waals surface area (Å²) in [5.74, 6) is -1.85. The minimum Gasteiger partial charge on any atom is -0.481 e. The molecule has 7 nitrogen and oxygen atoms in total. The molecule has 3 rings (SSSR count). The summed E-state index contributed by atoms with van der Waals surface area (Å²) < 4.78 is 10.8. The molecule has 0 aromatic carbocycles. The smallest absolute Gasteiger partial charge is 0.310 e. The van der Waals surface area contributed by atoms with Crippen molar-refractivity contribution in [1.82, 2.24) is 5.16 Å². The molecule has 1 amide bonds. The van der Waals surface area contributed by atoms with Crippen molar-refractivity contribution in [3.63, 3.8) is 0 Å². The molecule has 1 aromatic heterocycles. The van der Waals surface area contributed by atoms with Gasteiger partial charge in [0.1, 0.15) is 5.76 Å². The summed E-state index contributed by atoms with van der Waals surface area (Å²) in [4.78, 5) is 23.8. The second-order valence-corrected chi connectivity index (χ2v) is 7.00. The van der Waals surface area contributed by atoms with Crippen molar-refractivity contribution >= 4 is 17.7 Å². The number of fused-ring (bicyclic) bond motifs is 2. The van der Waals surface area contributed by atoms with E-state index in [1.54, 1.807) is 6.07 Å². The SMILES string of the molecule is CC(C)(C)c1cc(NC(=O)[C@@H]2[C@H](C(=O)O)[C@H]3CC[C@H]2O3)no1. The molecule has 2 saturated heterocycles. The molecule has 0 unspecified atom stereocenters. The molecule has 2 fully saturated rings. The predicted octanol–water partition coefficient (Wildman–Crippen LogP) is 1.79. The van der Waals surface area contributed by atoms with Crippen LogP contribution < -0.4 is 5.32 Å². The van der Waals surface area contributed by atoms with Gasteiger partial charge in [0.15, 0.2) is 5.82 Å². The van der Waals surface area contributed by atoms with Gasteiger partial charge < -0.3 is 19.7 Å². The van der Waals surface area contributed by atoms with Gasteiger partial charge in [-0.1, -0.05) is 25.9 Å². The van der Waals surface area contributed by atoms with Crippen molar-refractivity contribution in [3.05, 3.63) is 11.8 Å². The fraction of sp³-hybridized carbons (Fsp3) is 0.667. The van der Waals surface area contributed by atoms with E-state index in [9.17, 15) is 14.7 Å². The monoisotopic (exact) mass is 308 g/mol. The predicted molar refractivity (Wildman–Crippen MR) is 76.3 cm³/mol. The zero-order valence-corrected chi connectivity index (χ0v) is 12.8. The van der Waals surface area contributed by atoms with Gasteiger partial charge in [-0.15, -0.1) is 0 Å². The lowest BCUT2D eigenvalue weighted by Gasteiger charge is -2.23. The second kappa shape index (κ2) is 5.08. The molecule has 0 spiro atoms. The third-order valence-electron chi connectivity index (χ3n) is 4.36. The number of aromatic nitrogens is 1. The molecule has 120 valence electrons. The quantitative estimate of drug-likeness (QED) is 0.882. The van der Waals surface area contributed by atoms with E-state index in [2.05, 4.69) is 10.5 Å². The van der Waals surface area contributed by atoms with Crippen LogP contribution in [0.25, 0.3) is 0 Å². The summed E-state index contributed by atoms with van der Waals surface area (Å²) in [6, 6.07) is 1.67. The highest BCUT2D eigenvalue weighted by Gasteiger charge is 2.55. The van der Waals surface area contributed by atoms with Crippen LogP contribution in [0, 0.1) is 11.8 Å². The summed E-state index contributed by atoms with van der Waals surface area (Å²) in [5.41, 5.74) is -0.213. The maximum atomic E-state index is 12.4. The number of carboxylic acid groups (broad SMARTS) is 1. The molecule has 22 heavy (non-hydrogen) atoms. The van der Waals surface area contributed by atoms with E-state index < -0.39 is 17.8 Å². The number of hydrogen-bond acceptors (Lipinski definition) is 5. The van der Waals surface area contributed by atoms with Crippen LogP contribution in [0.4, 0.5) is 5.82 Å². The Kier molecular flexibility index (Phi) is 3.47. The van der Waals surface area contributed by atoms with E-state index in [-0.39, 0.29) is 23.5 Å². The van der Waals surface area contributed by atoms with E-state index in [0.29, 0.717) is 18.0 Å². The first-order valence-electron chi connectivity index (χ1n) is 7.43. The summed E-state index contributed by atoms with van der Waals surface area (Å²) in [6.07, 6.45) is 0.739. The Bertz CT molecular complexity index is 603. The molecule has 7 heteroatoms. The number of nitrogens with one attached hydrogen (secondary N) is 1. The van der Waals surface area contributed by atoms with Gasteiger partial charge in [-0.25, -0.2) is 0 Å². The van der Waals surface area contributed by atoms with E-state index in [4.69, 9.17) is 9.26 Å². The standard InChI is InChI=1S/C15H20N2O5/c1-15(2,3)9-6-10(17-22-9)16-13(18)11-7-4-5-8(21-7)12(11)14(19)20/h6-8,11-12H,4-5H2,1-3H3,(H,19,20)(H,16,17,18)/t7-,8-,11+,12-/m1/s1. The number of aliphatic carboxylic acids is 1. The van der Waals surface area contributed by atoms with Crippen molar-refractivity contribution in [3.8, 4) is 0 Å². The number of hydrogen-bond donors (Lipinski definition) is 2. The normalized spacial score (nSPS) is 30.5. The maximum Gasteiger partial charge on any atom is 0.310 e. The van der Waals surface area contributed by atoms with E-state index >= 15 is 0 Å².